The van der Waals surface area contributed by atoms with Gasteiger partial charge in [0.1, 0.15) is 5.58 Å². The van der Waals surface area contributed by atoms with Crippen LogP contribution in [0, 0.1) is 6.92 Å². The molecule has 0 amide bonds. The molecule has 0 fully saturated rings. The van der Waals surface area contributed by atoms with Crippen molar-refractivity contribution in [3.63, 3.8) is 0 Å². The maximum absolute atomic E-state index is 13.1. The van der Waals surface area contributed by atoms with Gasteiger partial charge in [0, 0.05) is 16.7 Å². The van der Waals surface area contributed by atoms with Crippen LogP contribution >= 0.6 is 11.8 Å². The number of aryl methyl sites for hydroxylation is 1. The van der Waals surface area contributed by atoms with Crippen molar-refractivity contribution >= 4 is 22.7 Å². The molecule has 0 atom stereocenters. The van der Waals surface area contributed by atoms with E-state index in [1.807, 2.05) is 67.6 Å². The van der Waals surface area contributed by atoms with Gasteiger partial charge in [-0.2, -0.15) is 0 Å². The third-order valence-corrected chi connectivity index (χ3v) is 5.35. The lowest BCUT2D eigenvalue weighted by Crippen LogP contribution is -2.23. The molecule has 2 aromatic carbocycles. The second-order valence-electron chi connectivity index (χ2n) is 6.25. The van der Waals surface area contributed by atoms with Crippen LogP contribution in [0.1, 0.15) is 11.3 Å². The summed E-state index contributed by atoms with van der Waals surface area (Å²) in [5, 5.41) is 0.412. The normalized spacial score (nSPS) is 11.0. The maximum atomic E-state index is 13.1. The van der Waals surface area contributed by atoms with Crippen LogP contribution in [-0.4, -0.2) is 4.57 Å². The quantitative estimate of drug-likeness (QED) is 0.528. The number of nitrogens with zero attached hydrogens (tertiary/aromatic N) is 1. The zero-order valence-corrected chi connectivity index (χ0v) is 15.5. The van der Waals surface area contributed by atoms with Crippen molar-refractivity contribution in [2.45, 2.75) is 23.3 Å². The van der Waals surface area contributed by atoms with Crippen molar-refractivity contribution in [1.29, 1.82) is 0 Å². The molecule has 5 heteroatoms. The van der Waals surface area contributed by atoms with Crippen molar-refractivity contribution in [3.8, 4) is 0 Å². The lowest BCUT2D eigenvalue weighted by molar-refractivity contribution is 0.540. The van der Waals surface area contributed by atoms with E-state index in [1.165, 1.54) is 11.8 Å². The molecule has 0 aliphatic rings. The summed E-state index contributed by atoms with van der Waals surface area (Å²) in [7, 11) is 0. The zero-order chi connectivity index (χ0) is 18.8. The van der Waals surface area contributed by atoms with Crippen molar-refractivity contribution < 1.29 is 4.42 Å². The summed E-state index contributed by atoms with van der Waals surface area (Å²) in [6.07, 6.45) is 0. The number of hydrogen-bond donors (Lipinski definition) is 0. The third-order valence-electron chi connectivity index (χ3n) is 4.34. The van der Waals surface area contributed by atoms with Crippen LogP contribution in [0.15, 0.2) is 96.6 Å². The molecular weight excluding hydrogens is 358 g/mol. The molecule has 0 bridgehead atoms. The Hall–Kier alpha value is -3.05. The van der Waals surface area contributed by atoms with Gasteiger partial charge in [-0.1, -0.05) is 60.3 Å². The van der Waals surface area contributed by atoms with Crippen LogP contribution in [0.2, 0.25) is 0 Å². The number of benzene rings is 2. The van der Waals surface area contributed by atoms with Gasteiger partial charge in [0.25, 0.3) is 5.56 Å². The summed E-state index contributed by atoms with van der Waals surface area (Å²) in [6, 6.07) is 22.8. The summed E-state index contributed by atoms with van der Waals surface area (Å²) >= 11 is 1.30. The monoisotopic (exact) mass is 375 g/mol. The molecule has 0 saturated carbocycles. The van der Waals surface area contributed by atoms with Gasteiger partial charge >= 0.3 is 5.63 Å². The number of fused-ring (bicyclic) bond motifs is 1. The molecule has 0 radical (unpaired) electrons. The molecule has 2 heterocycles. The first-order chi connectivity index (χ1) is 13.1. The highest BCUT2D eigenvalue weighted by atomic mass is 32.2. The summed E-state index contributed by atoms with van der Waals surface area (Å²) in [6.45, 7) is 2.32. The number of aromatic nitrogens is 1. The first-order valence-corrected chi connectivity index (χ1v) is 9.38. The lowest BCUT2D eigenvalue weighted by atomic mass is 10.2. The number of hydrogen-bond acceptors (Lipinski definition) is 4. The molecule has 4 rings (SSSR count). The lowest BCUT2D eigenvalue weighted by Gasteiger charge is -2.11. The average molecular weight is 375 g/mol. The van der Waals surface area contributed by atoms with Crippen molar-refractivity contribution in [2.75, 3.05) is 0 Å². The predicted octanol–water partition coefficient (Wildman–Crippen LogP) is 4.46. The van der Waals surface area contributed by atoms with Gasteiger partial charge in [-0.3, -0.25) is 4.79 Å². The Balaban J connectivity index is 1.82. The molecule has 0 aliphatic carbocycles. The minimum Gasteiger partial charge on any atom is -0.422 e. The SMILES string of the molecule is Cc1cc2oc(=O)c(Sc3ccccc3)cc2c(=O)n1Cc1ccccc1. The highest BCUT2D eigenvalue weighted by molar-refractivity contribution is 7.99. The van der Waals surface area contributed by atoms with Gasteiger partial charge in [-0.15, -0.1) is 0 Å². The van der Waals surface area contributed by atoms with Crippen LogP contribution in [0.25, 0.3) is 11.0 Å². The van der Waals surface area contributed by atoms with E-state index in [0.29, 0.717) is 22.4 Å². The van der Waals surface area contributed by atoms with E-state index in [2.05, 4.69) is 0 Å². The predicted molar refractivity (Wildman–Crippen MR) is 108 cm³/mol. The van der Waals surface area contributed by atoms with E-state index < -0.39 is 5.63 Å². The molecule has 0 unspecified atom stereocenters. The summed E-state index contributed by atoms with van der Waals surface area (Å²) in [5.74, 6) is 0. The van der Waals surface area contributed by atoms with E-state index in [4.69, 9.17) is 4.42 Å². The minimum atomic E-state index is -0.434. The Kier molecular flexibility index (Phi) is 4.69. The first-order valence-electron chi connectivity index (χ1n) is 8.57. The van der Waals surface area contributed by atoms with E-state index in [0.717, 1.165) is 16.2 Å². The zero-order valence-electron chi connectivity index (χ0n) is 14.7. The molecule has 0 spiro atoms. The largest absolute Gasteiger partial charge is 0.422 e. The van der Waals surface area contributed by atoms with Crippen LogP contribution in [0.5, 0.6) is 0 Å². The fourth-order valence-corrected chi connectivity index (χ4v) is 3.81. The second-order valence-corrected chi connectivity index (χ2v) is 7.37. The van der Waals surface area contributed by atoms with E-state index in [1.54, 1.807) is 16.7 Å². The van der Waals surface area contributed by atoms with E-state index >= 15 is 0 Å². The van der Waals surface area contributed by atoms with Gasteiger partial charge in [0.15, 0.2) is 0 Å². The van der Waals surface area contributed by atoms with Gasteiger partial charge in [-0.05, 0) is 30.7 Å². The third kappa shape index (κ3) is 3.59. The Morgan fingerprint density at radius 1 is 0.926 bits per heavy atom. The fraction of sp³-hybridized carbons (Fsp3) is 0.0909. The highest BCUT2D eigenvalue weighted by Gasteiger charge is 2.13. The number of pyridine rings is 1. The van der Waals surface area contributed by atoms with Gasteiger partial charge in [0.05, 0.1) is 16.8 Å². The molecule has 134 valence electrons. The molecule has 27 heavy (non-hydrogen) atoms. The topological polar surface area (TPSA) is 52.2 Å². The van der Waals surface area contributed by atoms with Crippen molar-refractivity contribution in [1.82, 2.24) is 4.57 Å². The fourth-order valence-electron chi connectivity index (χ4n) is 2.96. The summed E-state index contributed by atoms with van der Waals surface area (Å²) < 4.78 is 7.15. The van der Waals surface area contributed by atoms with Crippen LogP contribution in [0.3, 0.4) is 0 Å². The molecule has 4 nitrogen and oxygen atoms in total. The molecule has 2 aromatic heterocycles. The van der Waals surface area contributed by atoms with Crippen molar-refractivity contribution in [3.05, 3.63) is 105 Å². The van der Waals surface area contributed by atoms with Crippen LogP contribution in [-0.2, 0) is 6.54 Å². The van der Waals surface area contributed by atoms with Crippen LogP contribution < -0.4 is 11.2 Å². The highest BCUT2D eigenvalue weighted by Crippen LogP contribution is 2.26. The minimum absolute atomic E-state index is 0.160. The smallest absolute Gasteiger partial charge is 0.350 e. The molecular formula is C22H17NO3S. The van der Waals surface area contributed by atoms with Crippen molar-refractivity contribution in [2.24, 2.45) is 0 Å². The Labute approximate surface area is 160 Å². The Morgan fingerprint density at radius 3 is 2.30 bits per heavy atom. The summed E-state index contributed by atoms with van der Waals surface area (Å²) in [4.78, 5) is 26.7. The Bertz CT molecular complexity index is 1210. The number of rotatable bonds is 4. The standard InChI is InChI=1S/C22H17NO3S/c1-15-12-19-18(21(24)23(15)14-16-8-4-2-5-9-16)13-20(22(25)26-19)27-17-10-6-3-7-11-17/h2-13H,14H2,1H3. The van der Waals surface area contributed by atoms with Crippen LogP contribution in [0.4, 0.5) is 0 Å². The molecule has 0 N–H and O–H groups in total. The average Bonchev–Trinajstić information content (AvgIpc) is 2.68. The Morgan fingerprint density at radius 2 is 1.59 bits per heavy atom. The van der Waals surface area contributed by atoms with E-state index in [9.17, 15) is 9.59 Å². The first kappa shape index (κ1) is 17.4. The molecule has 0 aliphatic heterocycles. The molecule has 0 saturated heterocycles. The van der Waals surface area contributed by atoms with Gasteiger partial charge < -0.3 is 8.98 Å². The molecule has 4 aromatic rings. The second kappa shape index (κ2) is 7.29. The summed E-state index contributed by atoms with van der Waals surface area (Å²) in [5.41, 5.74) is 1.52. The van der Waals surface area contributed by atoms with Gasteiger partial charge in [0.2, 0.25) is 0 Å². The maximum Gasteiger partial charge on any atom is 0.350 e. The van der Waals surface area contributed by atoms with Gasteiger partial charge in [-0.25, -0.2) is 4.79 Å². The van der Waals surface area contributed by atoms with E-state index in [-0.39, 0.29) is 5.56 Å².